The molecule has 3 heteroatoms. The molecule has 4 rings (SSSR count). The van der Waals surface area contributed by atoms with Crippen LogP contribution in [0.2, 0.25) is 0 Å². The summed E-state index contributed by atoms with van der Waals surface area (Å²) in [6.07, 6.45) is 1.74. The van der Waals surface area contributed by atoms with Crippen molar-refractivity contribution in [3.8, 4) is 0 Å². The van der Waals surface area contributed by atoms with Crippen molar-refractivity contribution >= 4 is 33.3 Å². The Bertz CT molecular complexity index is 1080. The number of anilines is 1. The van der Waals surface area contributed by atoms with Gasteiger partial charge in [0.15, 0.2) is 0 Å². The predicted molar refractivity (Wildman–Crippen MR) is 103 cm³/mol. The summed E-state index contributed by atoms with van der Waals surface area (Å²) in [6.45, 7) is 2.03. The molecule has 3 nitrogen and oxygen atoms in total. The van der Waals surface area contributed by atoms with Crippen molar-refractivity contribution in [2.24, 2.45) is 0 Å². The normalized spacial score (nSPS) is 11.0. The van der Waals surface area contributed by atoms with E-state index in [-0.39, 0.29) is 5.91 Å². The molecule has 0 fully saturated rings. The van der Waals surface area contributed by atoms with Crippen LogP contribution in [0.5, 0.6) is 0 Å². The van der Waals surface area contributed by atoms with Crippen molar-refractivity contribution in [1.29, 1.82) is 0 Å². The fourth-order valence-corrected chi connectivity index (χ4v) is 3.16. The van der Waals surface area contributed by atoms with E-state index in [1.54, 1.807) is 18.1 Å². The van der Waals surface area contributed by atoms with Crippen LogP contribution in [-0.4, -0.2) is 17.9 Å². The number of carbonyl (C=O) groups excluding carboxylic acids is 1. The van der Waals surface area contributed by atoms with Crippen LogP contribution in [0, 0.1) is 6.92 Å². The first-order chi connectivity index (χ1) is 12.1. The summed E-state index contributed by atoms with van der Waals surface area (Å²) >= 11 is 0. The molecule has 0 radical (unpaired) electrons. The first-order valence-electron chi connectivity index (χ1n) is 8.26. The van der Waals surface area contributed by atoms with Crippen molar-refractivity contribution in [2.75, 3.05) is 11.9 Å². The second-order valence-corrected chi connectivity index (χ2v) is 6.24. The van der Waals surface area contributed by atoms with Gasteiger partial charge in [0.25, 0.3) is 5.91 Å². The summed E-state index contributed by atoms with van der Waals surface area (Å²) in [5.74, 6) is -0.0571. The van der Waals surface area contributed by atoms with Gasteiger partial charge in [-0.3, -0.25) is 9.78 Å². The number of aromatic nitrogens is 1. The summed E-state index contributed by atoms with van der Waals surface area (Å²) in [7, 11) is 1.80. The minimum absolute atomic E-state index is 0.0571. The molecule has 1 heterocycles. The number of pyridine rings is 1. The van der Waals surface area contributed by atoms with E-state index in [4.69, 9.17) is 0 Å². The Kier molecular flexibility index (Phi) is 3.69. The average Bonchev–Trinajstić information content (AvgIpc) is 2.67. The maximum absolute atomic E-state index is 13.2. The van der Waals surface area contributed by atoms with Crippen LogP contribution >= 0.6 is 0 Å². The molecular formula is C22H18N2O. The number of nitrogens with zero attached hydrogens (tertiary/aromatic N) is 2. The largest absolute Gasteiger partial charge is 0.311 e. The SMILES string of the molecule is Cc1ccc(N(C)C(=O)c2cc3ccccc3c3cccnc23)cc1. The van der Waals surface area contributed by atoms with Crippen molar-refractivity contribution in [2.45, 2.75) is 6.92 Å². The van der Waals surface area contributed by atoms with Crippen LogP contribution in [0.3, 0.4) is 0 Å². The van der Waals surface area contributed by atoms with Crippen molar-refractivity contribution < 1.29 is 4.79 Å². The Labute approximate surface area is 146 Å². The van der Waals surface area contributed by atoms with Crippen LogP contribution in [0.15, 0.2) is 72.9 Å². The van der Waals surface area contributed by atoms with Gasteiger partial charge in [-0.2, -0.15) is 0 Å². The lowest BCUT2D eigenvalue weighted by molar-refractivity contribution is 0.0994. The van der Waals surface area contributed by atoms with Gasteiger partial charge < -0.3 is 4.90 Å². The van der Waals surface area contributed by atoms with Crippen LogP contribution in [-0.2, 0) is 0 Å². The highest BCUT2D eigenvalue weighted by atomic mass is 16.2. The number of hydrogen-bond acceptors (Lipinski definition) is 2. The van der Waals surface area contributed by atoms with Crippen LogP contribution in [0.25, 0.3) is 21.7 Å². The fourth-order valence-electron chi connectivity index (χ4n) is 3.16. The second kappa shape index (κ2) is 6.02. The molecule has 0 spiro atoms. The quantitative estimate of drug-likeness (QED) is 0.487. The molecule has 0 unspecified atom stereocenters. The molecule has 0 bridgehead atoms. The zero-order chi connectivity index (χ0) is 17.4. The highest BCUT2D eigenvalue weighted by Crippen LogP contribution is 2.28. The highest BCUT2D eigenvalue weighted by Gasteiger charge is 2.18. The van der Waals surface area contributed by atoms with Crippen LogP contribution in [0.1, 0.15) is 15.9 Å². The summed E-state index contributed by atoms with van der Waals surface area (Å²) in [6, 6.07) is 21.9. The lowest BCUT2D eigenvalue weighted by atomic mass is 10.00. The van der Waals surface area contributed by atoms with Crippen LogP contribution in [0.4, 0.5) is 5.69 Å². The fraction of sp³-hybridized carbons (Fsp3) is 0.0909. The van der Waals surface area contributed by atoms with E-state index < -0.39 is 0 Å². The Morgan fingerprint density at radius 3 is 2.44 bits per heavy atom. The molecule has 1 amide bonds. The maximum Gasteiger partial charge on any atom is 0.260 e. The third-order valence-corrected chi connectivity index (χ3v) is 4.57. The zero-order valence-corrected chi connectivity index (χ0v) is 14.2. The van der Waals surface area contributed by atoms with E-state index >= 15 is 0 Å². The summed E-state index contributed by atoms with van der Waals surface area (Å²) in [4.78, 5) is 19.3. The van der Waals surface area contributed by atoms with Crippen molar-refractivity contribution in [1.82, 2.24) is 4.98 Å². The van der Waals surface area contributed by atoms with E-state index in [0.29, 0.717) is 5.56 Å². The average molecular weight is 326 g/mol. The first kappa shape index (κ1) is 15.3. The third kappa shape index (κ3) is 2.64. The maximum atomic E-state index is 13.2. The molecule has 0 atom stereocenters. The number of hydrogen-bond donors (Lipinski definition) is 0. The van der Waals surface area contributed by atoms with E-state index in [1.165, 1.54) is 5.56 Å². The number of fused-ring (bicyclic) bond motifs is 3. The second-order valence-electron chi connectivity index (χ2n) is 6.24. The molecule has 3 aromatic carbocycles. The summed E-state index contributed by atoms with van der Waals surface area (Å²) < 4.78 is 0. The number of carbonyl (C=O) groups is 1. The molecule has 0 aliphatic rings. The van der Waals surface area contributed by atoms with Gasteiger partial charge in [-0.15, -0.1) is 0 Å². The first-order valence-corrected chi connectivity index (χ1v) is 8.26. The number of benzene rings is 3. The Morgan fingerprint density at radius 2 is 1.64 bits per heavy atom. The molecule has 1 aromatic heterocycles. The van der Waals surface area contributed by atoms with E-state index in [1.807, 2.05) is 67.6 Å². The van der Waals surface area contributed by atoms with E-state index in [0.717, 1.165) is 27.4 Å². The highest BCUT2D eigenvalue weighted by molar-refractivity contribution is 6.19. The lowest BCUT2D eigenvalue weighted by Gasteiger charge is -2.19. The minimum atomic E-state index is -0.0571. The molecule has 0 saturated carbocycles. The molecule has 25 heavy (non-hydrogen) atoms. The smallest absolute Gasteiger partial charge is 0.260 e. The molecule has 0 N–H and O–H groups in total. The molecule has 0 aliphatic heterocycles. The zero-order valence-electron chi connectivity index (χ0n) is 14.2. The third-order valence-electron chi connectivity index (χ3n) is 4.57. The Hall–Kier alpha value is -3.20. The number of rotatable bonds is 2. The van der Waals surface area contributed by atoms with Gasteiger partial charge >= 0.3 is 0 Å². The van der Waals surface area contributed by atoms with Gasteiger partial charge in [-0.25, -0.2) is 0 Å². The summed E-state index contributed by atoms with van der Waals surface area (Å²) in [5.41, 5.74) is 3.40. The summed E-state index contributed by atoms with van der Waals surface area (Å²) in [5, 5.41) is 3.16. The van der Waals surface area contributed by atoms with Gasteiger partial charge in [0, 0.05) is 24.3 Å². The number of amides is 1. The standard InChI is InChI=1S/C22H18N2O/c1-15-9-11-17(12-10-15)24(2)22(25)20-14-16-6-3-4-7-18(16)19-8-5-13-23-21(19)20/h3-14H,1-2H3. The molecule has 0 saturated heterocycles. The predicted octanol–water partition coefficient (Wildman–Crippen LogP) is 4.97. The molecular weight excluding hydrogens is 308 g/mol. The van der Waals surface area contributed by atoms with Crippen molar-refractivity contribution in [3.05, 3.63) is 84.1 Å². The lowest BCUT2D eigenvalue weighted by Crippen LogP contribution is -2.26. The van der Waals surface area contributed by atoms with E-state index in [9.17, 15) is 4.79 Å². The minimum Gasteiger partial charge on any atom is -0.311 e. The topological polar surface area (TPSA) is 33.2 Å². The van der Waals surface area contributed by atoms with Gasteiger partial charge in [0.05, 0.1) is 11.1 Å². The van der Waals surface area contributed by atoms with Crippen molar-refractivity contribution in [3.63, 3.8) is 0 Å². The van der Waals surface area contributed by atoms with E-state index in [2.05, 4.69) is 11.1 Å². The van der Waals surface area contributed by atoms with Gasteiger partial charge in [-0.1, -0.05) is 48.0 Å². The van der Waals surface area contributed by atoms with Gasteiger partial charge in [0.2, 0.25) is 0 Å². The van der Waals surface area contributed by atoms with Crippen LogP contribution < -0.4 is 4.90 Å². The molecule has 122 valence electrons. The Morgan fingerprint density at radius 1 is 0.920 bits per heavy atom. The monoisotopic (exact) mass is 326 g/mol. The number of aryl methyl sites for hydroxylation is 1. The molecule has 0 aliphatic carbocycles. The van der Waals surface area contributed by atoms with Gasteiger partial charge in [-0.05, 0) is 42.0 Å². The van der Waals surface area contributed by atoms with Gasteiger partial charge in [0.1, 0.15) is 0 Å². The Balaban J connectivity index is 1.89. The molecule has 4 aromatic rings.